The molecular formula is C29H36N4O. The lowest BCUT2D eigenvalue weighted by Crippen LogP contribution is -2.59. The summed E-state index contributed by atoms with van der Waals surface area (Å²) in [7, 11) is 8.20. The van der Waals surface area contributed by atoms with Crippen LogP contribution in [0, 0.1) is 0 Å². The van der Waals surface area contributed by atoms with Crippen molar-refractivity contribution in [2.45, 2.75) is 38.0 Å². The molecule has 1 fully saturated rings. The zero-order valence-corrected chi connectivity index (χ0v) is 20.7. The summed E-state index contributed by atoms with van der Waals surface area (Å²) in [6.45, 7) is 0.622. The molecule has 0 bridgehead atoms. The van der Waals surface area contributed by atoms with Crippen molar-refractivity contribution in [3.63, 3.8) is 0 Å². The van der Waals surface area contributed by atoms with Gasteiger partial charge in [-0.15, -0.1) is 0 Å². The number of hydrogen-bond acceptors (Lipinski definition) is 4. The molecule has 1 heterocycles. The zero-order chi connectivity index (χ0) is 24.1. The lowest BCUT2D eigenvalue weighted by molar-refractivity contribution is -0.139. The van der Waals surface area contributed by atoms with Crippen LogP contribution in [0.5, 0.6) is 0 Å². The topological polar surface area (TPSA) is 38.8 Å². The normalized spacial score (nSPS) is 18.1. The van der Waals surface area contributed by atoms with Crippen LogP contribution in [-0.4, -0.2) is 51.2 Å². The summed E-state index contributed by atoms with van der Waals surface area (Å²) in [6.07, 6.45) is 2.09. The lowest BCUT2D eigenvalue weighted by atomic mass is 9.97. The minimum Gasteiger partial charge on any atom is -0.378 e. The number of anilines is 2. The zero-order valence-electron chi connectivity index (χ0n) is 20.7. The molecule has 1 aliphatic rings. The van der Waals surface area contributed by atoms with E-state index in [4.69, 9.17) is 0 Å². The molecule has 1 aliphatic heterocycles. The third-order valence-corrected chi connectivity index (χ3v) is 6.56. The standard InChI is InChI=1S/C29H36N4O/c1-31(2)26-14-10-22(11-15-26)18-25-20-29(34)33(21-24-8-6-5-7-9-24)28(30-25)19-23-12-16-27(17-13-23)32(3)4/h5-17,25,28,30H,18-21H2,1-4H3/t25-,28+/m0/s1. The van der Waals surface area contributed by atoms with Crippen LogP contribution in [0.1, 0.15) is 23.1 Å². The molecule has 4 rings (SSSR count). The van der Waals surface area contributed by atoms with Gasteiger partial charge in [0.25, 0.3) is 0 Å². The molecule has 0 unspecified atom stereocenters. The van der Waals surface area contributed by atoms with Crippen molar-refractivity contribution in [3.05, 3.63) is 95.6 Å². The van der Waals surface area contributed by atoms with Gasteiger partial charge in [-0.3, -0.25) is 10.1 Å². The van der Waals surface area contributed by atoms with Crippen molar-refractivity contribution in [2.24, 2.45) is 0 Å². The van der Waals surface area contributed by atoms with Crippen molar-refractivity contribution in [1.82, 2.24) is 10.2 Å². The molecule has 178 valence electrons. The minimum absolute atomic E-state index is 0.0438. The highest BCUT2D eigenvalue weighted by molar-refractivity contribution is 5.78. The van der Waals surface area contributed by atoms with E-state index in [1.54, 1.807) is 0 Å². The third kappa shape index (κ3) is 5.97. The number of carbonyl (C=O) groups is 1. The number of hydrogen-bond donors (Lipinski definition) is 1. The minimum atomic E-state index is -0.0438. The average molecular weight is 457 g/mol. The molecule has 5 nitrogen and oxygen atoms in total. The molecule has 2 atom stereocenters. The van der Waals surface area contributed by atoms with Gasteiger partial charge in [-0.05, 0) is 47.4 Å². The number of nitrogens with zero attached hydrogens (tertiary/aromatic N) is 3. The van der Waals surface area contributed by atoms with E-state index in [2.05, 4.69) is 75.8 Å². The summed E-state index contributed by atoms with van der Waals surface area (Å²) < 4.78 is 0. The van der Waals surface area contributed by atoms with Crippen LogP contribution < -0.4 is 15.1 Å². The molecule has 0 aliphatic carbocycles. The van der Waals surface area contributed by atoms with E-state index >= 15 is 0 Å². The summed E-state index contributed by atoms with van der Waals surface area (Å²) in [6, 6.07) is 27.7. The monoisotopic (exact) mass is 456 g/mol. The first kappa shape index (κ1) is 23.8. The molecule has 34 heavy (non-hydrogen) atoms. The molecule has 1 N–H and O–H groups in total. The smallest absolute Gasteiger partial charge is 0.225 e. The van der Waals surface area contributed by atoms with Gasteiger partial charge in [0, 0.05) is 65.0 Å². The Kier molecular flexibility index (Phi) is 7.53. The molecule has 0 aromatic heterocycles. The Morgan fingerprint density at radius 1 is 0.735 bits per heavy atom. The number of benzene rings is 3. The highest BCUT2D eigenvalue weighted by Crippen LogP contribution is 2.22. The maximum atomic E-state index is 13.4. The van der Waals surface area contributed by atoms with Crippen molar-refractivity contribution in [1.29, 1.82) is 0 Å². The fraction of sp³-hybridized carbons (Fsp3) is 0.345. The SMILES string of the molecule is CN(C)c1ccc(C[C@H]2CC(=O)N(Cc3ccccc3)[C@H](Cc3ccc(N(C)C)cc3)N2)cc1. The summed E-state index contributed by atoms with van der Waals surface area (Å²) in [5, 5.41) is 3.81. The quantitative estimate of drug-likeness (QED) is 0.548. The van der Waals surface area contributed by atoms with Crippen LogP contribution in [-0.2, 0) is 24.2 Å². The Bertz CT molecular complexity index is 1060. The van der Waals surface area contributed by atoms with Crippen LogP contribution in [0.25, 0.3) is 0 Å². The summed E-state index contributed by atoms with van der Waals surface area (Å²) in [5.74, 6) is 0.215. The van der Waals surface area contributed by atoms with Crippen LogP contribution in [0.4, 0.5) is 11.4 Å². The van der Waals surface area contributed by atoms with Gasteiger partial charge < -0.3 is 14.7 Å². The van der Waals surface area contributed by atoms with Crippen molar-refractivity contribution in [2.75, 3.05) is 38.0 Å². The second kappa shape index (κ2) is 10.7. The molecule has 0 radical (unpaired) electrons. The van der Waals surface area contributed by atoms with E-state index in [0.717, 1.165) is 18.4 Å². The van der Waals surface area contributed by atoms with Crippen LogP contribution in [0.15, 0.2) is 78.9 Å². The highest BCUT2D eigenvalue weighted by Gasteiger charge is 2.33. The number of nitrogens with one attached hydrogen (secondary N) is 1. The summed E-state index contributed by atoms with van der Waals surface area (Å²) in [4.78, 5) is 19.6. The van der Waals surface area contributed by atoms with Gasteiger partial charge in [-0.2, -0.15) is 0 Å². The number of rotatable bonds is 8. The van der Waals surface area contributed by atoms with Gasteiger partial charge in [0.15, 0.2) is 0 Å². The lowest BCUT2D eigenvalue weighted by Gasteiger charge is -2.41. The molecular weight excluding hydrogens is 420 g/mol. The summed E-state index contributed by atoms with van der Waals surface area (Å²) >= 11 is 0. The summed E-state index contributed by atoms with van der Waals surface area (Å²) in [5.41, 5.74) is 6.00. The fourth-order valence-corrected chi connectivity index (χ4v) is 4.57. The van der Waals surface area contributed by atoms with Crippen molar-refractivity contribution >= 4 is 17.3 Å². The van der Waals surface area contributed by atoms with E-state index in [-0.39, 0.29) is 18.1 Å². The fourth-order valence-electron chi connectivity index (χ4n) is 4.57. The van der Waals surface area contributed by atoms with Gasteiger partial charge in [0.1, 0.15) is 0 Å². The Hall–Kier alpha value is -3.31. The van der Waals surface area contributed by atoms with Crippen molar-refractivity contribution < 1.29 is 4.79 Å². The Balaban J connectivity index is 1.52. The van der Waals surface area contributed by atoms with Gasteiger partial charge in [-0.1, -0.05) is 54.6 Å². The second-order valence-electron chi connectivity index (χ2n) is 9.62. The molecule has 1 amide bonds. The van der Waals surface area contributed by atoms with Gasteiger partial charge in [0.05, 0.1) is 6.17 Å². The second-order valence-corrected chi connectivity index (χ2v) is 9.62. The Morgan fingerprint density at radius 3 is 1.79 bits per heavy atom. The van der Waals surface area contributed by atoms with Gasteiger partial charge >= 0.3 is 0 Å². The maximum Gasteiger partial charge on any atom is 0.225 e. The van der Waals surface area contributed by atoms with E-state index in [9.17, 15) is 4.79 Å². The maximum absolute atomic E-state index is 13.4. The van der Waals surface area contributed by atoms with Gasteiger partial charge in [-0.25, -0.2) is 0 Å². The van der Waals surface area contributed by atoms with Gasteiger partial charge in [0.2, 0.25) is 5.91 Å². The number of amides is 1. The molecule has 0 saturated carbocycles. The van der Waals surface area contributed by atoms with E-state index < -0.39 is 0 Å². The molecule has 0 spiro atoms. The highest BCUT2D eigenvalue weighted by atomic mass is 16.2. The predicted molar refractivity (Wildman–Crippen MR) is 141 cm³/mol. The van der Waals surface area contributed by atoms with Crippen LogP contribution in [0.3, 0.4) is 0 Å². The molecule has 3 aromatic rings. The first-order valence-electron chi connectivity index (χ1n) is 12.0. The van der Waals surface area contributed by atoms with E-state index in [0.29, 0.717) is 13.0 Å². The van der Waals surface area contributed by atoms with E-state index in [1.807, 2.05) is 51.3 Å². The molecule has 5 heteroatoms. The predicted octanol–water partition coefficient (Wildman–Crippen LogP) is 4.32. The molecule has 1 saturated heterocycles. The number of carbonyl (C=O) groups excluding carboxylic acids is 1. The average Bonchev–Trinajstić information content (AvgIpc) is 2.83. The third-order valence-electron chi connectivity index (χ3n) is 6.56. The van der Waals surface area contributed by atoms with Crippen LogP contribution in [0.2, 0.25) is 0 Å². The van der Waals surface area contributed by atoms with Crippen LogP contribution >= 0.6 is 0 Å². The van der Waals surface area contributed by atoms with E-state index in [1.165, 1.54) is 22.5 Å². The first-order valence-corrected chi connectivity index (χ1v) is 12.0. The Morgan fingerprint density at radius 2 is 1.26 bits per heavy atom. The first-order chi connectivity index (χ1) is 16.4. The van der Waals surface area contributed by atoms with Crippen molar-refractivity contribution in [3.8, 4) is 0 Å². The molecule has 3 aromatic carbocycles. The largest absolute Gasteiger partial charge is 0.378 e. The Labute approximate surface area is 204 Å².